The van der Waals surface area contributed by atoms with E-state index in [9.17, 15) is 9.59 Å². The standard InChI is InChI=1S/C9H16N2O3/c1-5(10)8(12)11-7(9(13)14)4-6-2-3-6/h5-7H,2-4,10H2,1H3,(H,11,12)(H,13,14)/t5-,7-/m0/s1. The Kier molecular flexibility index (Phi) is 3.46. The molecule has 0 aromatic rings. The summed E-state index contributed by atoms with van der Waals surface area (Å²) in [6, 6.07) is -1.43. The fourth-order valence-corrected chi connectivity index (χ4v) is 1.21. The summed E-state index contributed by atoms with van der Waals surface area (Å²) in [6.45, 7) is 1.53. The highest BCUT2D eigenvalue weighted by molar-refractivity contribution is 5.86. The van der Waals surface area contributed by atoms with Crippen LogP contribution < -0.4 is 11.1 Å². The quantitative estimate of drug-likeness (QED) is 0.568. The van der Waals surface area contributed by atoms with Crippen molar-refractivity contribution in [2.75, 3.05) is 0 Å². The number of hydrogen-bond donors (Lipinski definition) is 3. The van der Waals surface area contributed by atoms with Gasteiger partial charge in [0.1, 0.15) is 6.04 Å². The SMILES string of the molecule is C[C@H](N)C(=O)N[C@@H](CC1CC1)C(=O)O. The third-order valence-electron chi connectivity index (χ3n) is 2.29. The molecule has 1 rings (SSSR count). The van der Waals surface area contributed by atoms with E-state index in [1.165, 1.54) is 6.92 Å². The molecule has 5 heteroatoms. The molecule has 0 saturated heterocycles. The monoisotopic (exact) mass is 200 g/mol. The Labute approximate surface area is 82.7 Å². The lowest BCUT2D eigenvalue weighted by Crippen LogP contribution is -2.47. The molecule has 4 N–H and O–H groups in total. The van der Waals surface area contributed by atoms with Crippen LogP contribution in [0.4, 0.5) is 0 Å². The van der Waals surface area contributed by atoms with Gasteiger partial charge in [-0.1, -0.05) is 12.8 Å². The van der Waals surface area contributed by atoms with Gasteiger partial charge < -0.3 is 16.2 Å². The van der Waals surface area contributed by atoms with E-state index >= 15 is 0 Å². The predicted molar refractivity (Wildman–Crippen MR) is 50.6 cm³/mol. The number of carboxylic acids is 1. The van der Waals surface area contributed by atoms with Crippen molar-refractivity contribution >= 4 is 11.9 Å². The minimum absolute atomic E-state index is 0.405. The molecule has 1 amide bonds. The molecule has 0 bridgehead atoms. The van der Waals surface area contributed by atoms with Gasteiger partial charge in [-0.2, -0.15) is 0 Å². The Bertz CT molecular complexity index is 236. The maximum Gasteiger partial charge on any atom is 0.326 e. The van der Waals surface area contributed by atoms with Crippen LogP contribution in [0, 0.1) is 5.92 Å². The number of nitrogens with one attached hydrogen (secondary N) is 1. The number of carboxylic acid groups (broad SMARTS) is 1. The van der Waals surface area contributed by atoms with Gasteiger partial charge in [0.15, 0.2) is 0 Å². The molecular formula is C9H16N2O3. The van der Waals surface area contributed by atoms with Crippen molar-refractivity contribution in [3.05, 3.63) is 0 Å². The minimum Gasteiger partial charge on any atom is -0.480 e. The van der Waals surface area contributed by atoms with E-state index in [0.29, 0.717) is 12.3 Å². The maximum atomic E-state index is 11.2. The summed E-state index contributed by atoms with van der Waals surface area (Å²) < 4.78 is 0. The normalized spacial score (nSPS) is 19.9. The average Bonchev–Trinajstić information content (AvgIpc) is 2.86. The summed E-state index contributed by atoms with van der Waals surface area (Å²) in [6.07, 6.45) is 2.66. The predicted octanol–water partition coefficient (Wildman–Crippen LogP) is -0.297. The Balaban J connectivity index is 2.41. The molecule has 80 valence electrons. The number of carbonyl (C=O) groups is 2. The van der Waals surface area contributed by atoms with E-state index in [2.05, 4.69) is 5.32 Å². The Hall–Kier alpha value is -1.10. The van der Waals surface area contributed by atoms with Crippen molar-refractivity contribution in [2.24, 2.45) is 11.7 Å². The summed E-state index contributed by atoms with van der Waals surface area (Å²) in [4.78, 5) is 21.9. The maximum absolute atomic E-state index is 11.2. The van der Waals surface area contributed by atoms with Crippen LogP contribution in [-0.4, -0.2) is 29.1 Å². The van der Waals surface area contributed by atoms with Crippen molar-refractivity contribution in [3.8, 4) is 0 Å². The number of rotatable bonds is 5. The van der Waals surface area contributed by atoms with Crippen molar-refractivity contribution in [1.82, 2.24) is 5.32 Å². The highest BCUT2D eigenvalue weighted by Gasteiger charge is 2.30. The molecule has 2 atom stereocenters. The van der Waals surface area contributed by atoms with Gasteiger partial charge in [0, 0.05) is 0 Å². The number of carbonyl (C=O) groups excluding carboxylic acids is 1. The third-order valence-corrected chi connectivity index (χ3v) is 2.29. The molecule has 0 aromatic heterocycles. The molecule has 1 aliphatic carbocycles. The molecule has 0 aromatic carbocycles. The first kappa shape index (κ1) is 11.0. The Morgan fingerprint density at radius 1 is 1.57 bits per heavy atom. The van der Waals surface area contributed by atoms with Gasteiger partial charge in [-0.05, 0) is 19.3 Å². The van der Waals surface area contributed by atoms with Crippen LogP contribution >= 0.6 is 0 Å². The summed E-state index contributed by atoms with van der Waals surface area (Å²) in [5.74, 6) is -0.923. The largest absolute Gasteiger partial charge is 0.480 e. The molecule has 1 fully saturated rings. The summed E-state index contributed by atoms with van der Waals surface area (Å²) in [7, 11) is 0. The van der Waals surface area contributed by atoms with E-state index in [4.69, 9.17) is 10.8 Å². The highest BCUT2D eigenvalue weighted by atomic mass is 16.4. The van der Waals surface area contributed by atoms with Gasteiger partial charge in [-0.25, -0.2) is 4.79 Å². The van der Waals surface area contributed by atoms with Gasteiger partial charge in [-0.3, -0.25) is 4.79 Å². The fourth-order valence-electron chi connectivity index (χ4n) is 1.21. The minimum atomic E-state index is -0.981. The molecule has 0 aliphatic heterocycles. The zero-order valence-electron chi connectivity index (χ0n) is 8.19. The number of nitrogens with two attached hydrogens (primary N) is 1. The van der Waals surface area contributed by atoms with Crippen LogP contribution in [0.3, 0.4) is 0 Å². The second kappa shape index (κ2) is 4.41. The number of hydrogen-bond acceptors (Lipinski definition) is 3. The molecule has 14 heavy (non-hydrogen) atoms. The van der Waals surface area contributed by atoms with Crippen molar-refractivity contribution < 1.29 is 14.7 Å². The molecule has 5 nitrogen and oxygen atoms in total. The lowest BCUT2D eigenvalue weighted by atomic mass is 10.1. The van der Waals surface area contributed by atoms with Crippen molar-refractivity contribution in [1.29, 1.82) is 0 Å². The molecule has 1 aliphatic rings. The van der Waals surface area contributed by atoms with E-state index < -0.39 is 24.0 Å². The van der Waals surface area contributed by atoms with Crippen molar-refractivity contribution in [3.63, 3.8) is 0 Å². The first-order chi connectivity index (χ1) is 6.50. The third kappa shape index (κ3) is 3.33. The van der Waals surface area contributed by atoms with Crippen LogP contribution in [0.25, 0.3) is 0 Å². The van der Waals surface area contributed by atoms with Gasteiger partial charge in [0.05, 0.1) is 6.04 Å². The molecule has 0 unspecified atom stereocenters. The number of amides is 1. The second-order valence-corrected chi connectivity index (χ2v) is 3.87. The number of aliphatic carboxylic acids is 1. The Morgan fingerprint density at radius 2 is 2.14 bits per heavy atom. The zero-order chi connectivity index (χ0) is 10.7. The van der Waals surface area contributed by atoms with Crippen LogP contribution in [0.2, 0.25) is 0 Å². The van der Waals surface area contributed by atoms with Crippen LogP contribution in [0.5, 0.6) is 0 Å². The smallest absolute Gasteiger partial charge is 0.326 e. The van der Waals surface area contributed by atoms with Crippen LogP contribution in [0.1, 0.15) is 26.2 Å². The average molecular weight is 200 g/mol. The molecule has 0 heterocycles. The van der Waals surface area contributed by atoms with Crippen molar-refractivity contribution in [2.45, 2.75) is 38.3 Å². The molecule has 0 radical (unpaired) electrons. The second-order valence-electron chi connectivity index (χ2n) is 3.87. The summed E-state index contributed by atoms with van der Waals surface area (Å²) >= 11 is 0. The van der Waals surface area contributed by atoms with E-state index in [-0.39, 0.29) is 0 Å². The van der Waals surface area contributed by atoms with Crippen LogP contribution in [-0.2, 0) is 9.59 Å². The van der Waals surface area contributed by atoms with E-state index in [0.717, 1.165) is 12.8 Å². The molecular weight excluding hydrogens is 184 g/mol. The van der Waals surface area contributed by atoms with E-state index in [1.54, 1.807) is 0 Å². The van der Waals surface area contributed by atoms with E-state index in [1.807, 2.05) is 0 Å². The zero-order valence-corrected chi connectivity index (χ0v) is 8.19. The summed E-state index contributed by atoms with van der Waals surface area (Å²) in [5.41, 5.74) is 5.33. The summed E-state index contributed by atoms with van der Waals surface area (Å²) in [5, 5.41) is 11.2. The van der Waals surface area contributed by atoms with Gasteiger partial charge in [0.2, 0.25) is 5.91 Å². The lowest BCUT2D eigenvalue weighted by molar-refractivity contribution is -0.142. The molecule has 1 saturated carbocycles. The fraction of sp³-hybridized carbons (Fsp3) is 0.778. The molecule has 0 spiro atoms. The topological polar surface area (TPSA) is 92.4 Å². The van der Waals surface area contributed by atoms with Gasteiger partial charge >= 0.3 is 5.97 Å². The first-order valence-electron chi connectivity index (χ1n) is 4.79. The lowest BCUT2D eigenvalue weighted by Gasteiger charge is -2.15. The van der Waals surface area contributed by atoms with Crippen LogP contribution in [0.15, 0.2) is 0 Å². The Morgan fingerprint density at radius 3 is 2.50 bits per heavy atom. The highest BCUT2D eigenvalue weighted by Crippen LogP contribution is 2.33. The van der Waals surface area contributed by atoms with Gasteiger partial charge in [-0.15, -0.1) is 0 Å². The van der Waals surface area contributed by atoms with Gasteiger partial charge in [0.25, 0.3) is 0 Å². The first-order valence-corrected chi connectivity index (χ1v) is 4.79.